The van der Waals surface area contributed by atoms with Gasteiger partial charge in [-0.05, 0) is 12.1 Å². The second kappa shape index (κ2) is 5.24. The van der Waals surface area contributed by atoms with E-state index in [9.17, 15) is 4.79 Å². The van der Waals surface area contributed by atoms with Crippen molar-refractivity contribution in [2.24, 2.45) is 5.73 Å². The van der Waals surface area contributed by atoms with E-state index in [-0.39, 0.29) is 18.2 Å². The lowest BCUT2D eigenvalue weighted by Gasteiger charge is -2.00. The van der Waals surface area contributed by atoms with Crippen LogP contribution in [-0.4, -0.2) is 18.9 Å². The van der Waals surface area contributed by atoms with Crippen molar-refractivity contribution in [3.05, 3.63) is 35.4 Å². The molecule has 0 saturated carbocycles. The van der Waals surface area contributed by atoms with Gasteiger partial charge in [-0.3, -0.25) is 5.41 Å². The molecule has 0 aliphatic heterocycles. The van der Waals surface area contributed by atoms with Crippen LogP contribution in [0, 0.1) is 5.41 Å². The van der Waals surface area contributed by atoms with Gasteiger partial charge in [-0.1, -0.05) is 12.1 Å². The van der Waals surface area contributed by atoms with Crippen LogP contribution >= 0.6 is 12.4 Å². The van der Waals surface area contributed by atoms with Gasteiger partial charge in [-0.15, -0.1) is 12.4 Å². The van der Waals surface area contributed by atoms with Crippen molar-refractivity contribution in [2.45, 2.75) is 0 Å². The lowest BCUT2D eigenvalue weighted by atomic mass is 10.1. The molecule has 0 radical (unpaired) electrons. The minimum atomic E-state index is -0.393. The third-order valence-corrected chi connectivity index (χ3v) is 1.62. The summed E-state index contributed by atoms with van der Waals surface area (Å²) in [6.07, 6.45) is 0. The number of halogens is 1. The van der Waals surface area contributed by atoms with Crippen molar-refractivity contribution in [3.63, 3.8) is 0 Å². The van der Waals surface area contributed by atoms with Gasteiger partial charge in [0.05, 0.1) is 12.7 Å². The highest BCUT2D eigenvalue weighted by atomic mass is 35.5. The molecule has 0 unspecified atom stereocenters. The van der Waals surface area contributed by atoms with Crippen LogP contribution in [0.2, 0.25) is 0 Å². The summed E-state index contributed by atoms with van der Waals surface area (Å²) < 4.78 is 4.51. The minimum absolute atomic E-state index is 0. The van der Waals surface area contributed by atoms with Gasteiger partial charge in [0.15, 0.2) is 0 Å². The maximum Gasteiger partial charge on any atom is 0.337 e. The Kier molecular flexibility index (Phi) is 4.66. The number of esters is 1. The standard InChI is InChI=1S/C9H10N2O2.ClH/c1-13-9(12)7-4-2-6(3-5-7)8(10)11;/h2-5H,1H3,(H3,10,11);1H. The molecule has 76 valence electrons. The molecule has 0 aliphatic carbocycles. The predicted octanol–water partition coefficient (Wildman–Crippen LogP) is 1.18. The molecule has 4 nitrogen and oxygen atoms in total. The van der Waals surface area contributed by atoms with Crippen molar-refractivity contribution >= 4 is 24.2 Å². The molecule has 0 heterocycles. The Morgan fingerprint density at radius 3 is 2.07 bits per heavy atom. The summed E-state index contributed by atoms with van der Waals surface area (Å²) in [4.78, 5) is 11.0. The van der Waals surface area contributed by atoms with Crippen molar-refractivity contribution in [3.8, 4) is 0 Å². The first-order valence-electron chi connectivity index (χ1n) is 3.68. The number of carbonyl (C=O) groups is 1. The zero-order valence-corrected chi connectivity index (χ0v) is 8.43. The summed E-state index contributed by atoms with van der Waals surface area (Å²) in [5, 5.41) is 7.12. The first kappa shape index (κ1) is 12.4. The molecule has 14 heavy (non-hydrogen) atoms. The van der Waals surface area contributed by atoms with E-state index in [0.717, 1.165) is 0 Å². The molecule has 0 aromatic heterocycles. The number of nitrogens with one attached hydrogen (secondary N) is 1. The van der Waals surface area contributed by atoms with Gasteiger partial charge in [0.2, 0.25) is 0 Å². The smallest absolute Gasteiger partial charge is 0.337 e. The average Bonchev–Trinajstić information content (AvgIpc) is 2.17. The van der Waals surface area contributed by atoms with Gasteiger partial charge in [0.1, 0.15) is 5.84 Å². The number of hydrogen-bond acceptors (Lipinski definition) is 3. The van der Waals surface area contributed by atoms with Gasteiger partial charge < -0.3 is 10.5 Å². The molecule has 0 bridgehead atoms. The Hall–Kier alpha value is -1.55. The highest BCUT2D eigenvalue weighted by Crippen LogP contribution is 2.04. The molecule has 1 aromatic carbocycles. The van der Waals surface area contributed by atoms with Crippen LogP contribution in [0.3, 0.4) is 0 Å². The van der Waals surface area contributed by atoms with Crippen LogP contribution in [0.25, 0.3) is 0 Å². The second-order valence-electron chi connectivity index (χ2n) is 2.48. The molecule has 1 aromatic rings. The zero-order chi connectivity index (χ0) is 9.84. The van der Waals surface area contributed by atoms with E-state index in [1.807, 2.05) is 0 Å². The van der Waals surface area contributed by atoms with Crippen molar-refractivity contribution in [1.82, 2.24) is 0 Å². The molecule has 0 saturated heterocycles. The average molecular weight is 215 g/mol. The van der Waals surface area contributed by atoms with Gasteiger partial charge in [-0.25, -0.2) is 4.79 Å². The van der Waals surface area contributed by atoms with Crippen LogP contribution < -0.4 is 5.73 Å². The Labute approximate surface area is 88.0 Å². The number of rotatable bonds is 2. The van der Waals surface area contributed by atoms with E-state index in [4.69, 9.17) is 11.1 Å². The fourth-order valence-electron chi connectivity index (χ4n) is 0.904. The Morgan fingerprint density at radius 1 is 1.29 bits per heavy atom. The Bertz CT molecular complexity index is 335. The summed E-state index contributed by atoms with van der Waals surface area (Å²) in [5.41, 5.74) is 6.28. The Balaban J connectivity index is 0.00000169. The van der Waals surface area contributed by atoms with Gasteiger partial charge in [-0.2, -0.15) is 0 Å². The molecular formula is C9H11ClN2O2. The second-order valence-corrected chi connectivity index (χ2v) is 2.48. The van der Waals surface area contributed by atoms with Crippen LogP contribution in [-0.2, 0) is 4.74 Å². The summed E-state index contributed by atoms with van der Waals surface area (Å²) in [6, 6.07) is 6.36. The van der Waals surface area contributed by atoms with Crippen LogP contribution in [0.15, 0.2) is 24.3 Å². The Morgan fingerprint density at radius 2 is 1.71 bits per heavy atom. The predicted molar refractivity (Wildman–Crippen MR) is 56.0 cm³/mol. The molecule has 3 N–H and O–H groups in total. The maximum atomic E-state index is 11.0. The van der Waals surface area contributed by atoms with E-state index >= 15 is 0 Å². The topological polar surface area (TPSA) is 76.2 Å². The van der Waals surface area contributed by atoms with Crippen molar-refractivity contribution < 1.29 is 9.53 Å². The van der Waals surface area contributed by atoms with Crippen LogP contribution in [0.4, 0.5) is 0 Å². The number of nitrogen functional groups attached to an aromatic ring is 1. The quantitative estimate of drug-likeness (QED) is 0.441. The molecule has 1 rings (SSSR count). The van der Waals surface area contributed by atoms with E-state index < -0.39 is 5.97 Å². The number of carbonyl (C=O) groups excluding carboxylic acids is 1. The summed E-state index contributed by atoms with van der Waals surface area (Å²) in [7, 11) is 1.32. The molecule has 0 atom stereocenters. The molecule has 0 amide bonds. The van der Waals surface area contributed by atoms with E-state index in [0.29, 0.717) is 11.1 Å². The molecule has 0 fully saturated rings. The molecule has 0 aliphatic rings. The van der Waals surface area contributed by atoms with E-state index in [1.165, 1.54) is 7.11 Å². The third kappa shape index (κ3) is 2.74. The van der Waals surface area contributed by atoms with Gasteiger partial charge in [0, 0.05) is 5.56 Å². The first-order valence-corrected chi connectivity index (χ1v) is 3.68. The van der Waals surface area contributed by atoms with E-state index in [2.05, 4.69) is 4.74 Å². The largest absolute Gasteiger partial charge is 0.465 e. The maximum absolute atomic E-state index is 11.0. The van der Waals surface area contributed by atoms with Gasteiger partial charge in [0.25, 0.3) is 0 Å². The van der Waals surface area contributed by atoms with Crippen molar-refractivity contribution in [1.29, 1.82) is 5.41 Å². The lowest BCUT2D eigenvalue weighted by molar-refractivity contribution is 0.0601. The zero-order valence-electron chi connectivity index (χ0n) is 7.61. The highest BCUT2D eigenvalue weighted by Gasteiger charge is 2.04. The number of nitrogens with two attached hydrogens (primary N) is 1. The van der Waals surface area contributed by atoms with Crippen molar-refractivity contribution in [2.75, 3.05) is 7.11 Å². The first-order chi connectivity index (χ1) is 6.15. The monoisotopic (exact) mass is 214 g/mol. The SMILES string of the molecule is COC(=O)c1ccc(C(=N)N)cc1.Cl. The van der Waals surface area contributed by atoms with Crippen LogP contribution in [0.5, 0.6) is 0 Å². The number of amidine groups is 1. The van der Waals surface area contributed by atoms with Crippen LogP contribution in [0.1, 0.15) is 15.9 Å². The third-order valence-electron chi connectivity index (χ3n) is 1.62. The molecule has 0 spiro atoms. The summed E-state index contributed by atoms with van der Waals surface area (Å²) >= 11 is 0. The number of ether oxygens (including phenoxy) is 1. The lowest BCUT2D eigenvalue weighted by Crippen LogP contribution is -2.11. The number of methoxy groups -OCH3 is 1. The summed E-state index contributed by atoms with van der Waals surface area (Å²) in [6.45, 7) is 0. The highest BCUT2D eigenvalue weighted by molar-refractivity contribution is 5.96. The van der Waals surface area contributed by atoms with E-state index in [1.54, 1.807) is 24.3 Å². The number of hydrogen-bond donors (Lipinski definition) is 2. The fourth-order valence-corrected chi connectivity index (χ4v) is 0.904. The van der Waals surface area contributed by atoms with Gasteiger partial charge >= 0.3 is 5.97 Å². The molecular weight excluding hydrogens is 204 g/mol. The minimum Gasteiger partial charge on any atom is -0.465 e. The number of benzene rings is 1. The normalized spacial score (nSPS) is 8.64. The fraction of sp³-hybridized carbons (Fsp3) is 0.111. The molecule has 5 heteroatoms. The summed E-state index contributed by atoms with van der Waals surface area (Å²) in [5.74, 6) is -0.411.